The molecular formula is C25H29F3N2O3. The summed E-state index contributed by atoms with van der Waals surface area (Å²) in [6.45, 7) is 4.72. The quantitative estimate of drug-likeness (QED) is 0.698. The highest BCUT2D eigenvalue weighted by atomic mass is 19.4. The zero-order chi connectivity index (χ0) is 23.7. The minimum Gasteiger partial charge on any atom is -0.372 e. The number of benzene rings is 2. The lowest BCUT2D eigenvalue weighted by Crippen LogP contribution is -2.68. The van der Waals surface area contributed by atoms with Gasteiger partial charge in [0.05, 0.1) is 36.0 Å². The number of carbonyl (C=O) groups is 1. The maximum Gasteiger partial charge on any atom is 0.416 e. The minimum atomic E-state index is -4.41. The molecule has 2 fully saturated rings. The molecule has 2 aliphatic heterocycles. The second-order valence-electron chi connectivity index (χ2n) is 9.21. The van der Waals surface area contributed by atoms with Crippen molar-refractivity contribution in [2.45, 2.75) is 50.0 Å². The monoisotopic (exact) mass is 462 g/mol. The predicted molar refractivity (Wildman–Crippen MR) is 118 cm³/mol. The van der Waals surface area contributed by atoms with Gasteiger partial charge in [0, 0.05) is 6.54 Å². The normalized spacial score (nSPS) is 26.8. The van der Waals surface area contributed by atoms with Gasteiger partial charge in [-0.3, -0.25) is 4.79 Å². The summed E-state index contributed by atoms with van der Waals surface area (Å²) in [5.74, 6) is -0.125. The number of ether oxygens (including phenoxy) is 2. The molecular weight excluding hydrogens is 433 g/mol. The molecule has 5 nitrogen and oxygen atoms in total. The summed E-state index contributed by atoms with van der Waals surface area (Å²) in [7, 11) is 0. The van der Waals surface area contributed by atoms with E-state index in [9.17, 15) is 18.0 Å². The van der Waals surface area contributed by atoms with E-state index in [2.05, 4.69) is 10.6 Å². The van der Waals surface area contributed by atoms with Crippen molar-refractivity contribution in [2.75, 3.05) is 26.4 Å². The first-order valence-electron chi connectivity index (χ1n) is 11.1. The van der Waals surface area contributed by atoms with Gasteiger partial charge in [-0.25, -0.2) is 0 Å². The molecule has 2 N–H and O–H groups in total. The lowest BCUT2D eigenvalue weighted by atomic mass is 9.76. The average molecular weight is 463 g/mol. The molecule has 0 saturated carbocycles. The van der Waals surface area contributed by atoms with Crippen LogP contribution in [0.15, 0.2) is 48.5 Å². The van der Waals surface area contributed by atoms with Crippen LogP contribution in [0.4, 0.5) is 13.2 Å². The predicted octanol–water partition coefficient (Wildman–Crippen LogP) is 4.26. The smallest absolute Gasteiger partial charge is 0.372 e. The number of amides is 1. The Bertz CT molecular complexity index is 986. The van der Waals surface area contributed by atoms with Gasteiger partial charge >= 0.3 is 6.18 Å². The van der Waals surface area contributed by atoms with Crippen LogP contribution in [0.1, 0.15) is 48.1 Å². The van der Waals surface area contributed by atoms with Gasteiger partial charge in [-0.15, -0.1) is 0 Å². The molecule has 2 saturated heterocycles. The summed E-state index contributed by atoms with van der Waals surface area (Å²) in [5, 5.41) is 6.65. The van der Waals surface area contributed by atoms with Crippen molar-refractivity contribution < 1.29 is 27.4 Å². The fourth-order valence-electron chi connectivity index (χ4n) is 4.69. The van der Waals surface area contributed by atoms with Crippen LogP contribution in [0, 0.1) is 6.92 Å². The summed E-state index contributed by atoms with van der Waals surface area (Å²) in [6.07, 6.45) is -3.56. The van der Waals surface area contributed by atoms with Crippen molar-refractivity contribution >= 4 is 5.91 Å². The van der Waals surface area contributed by atoms with Crippen LogP contribution >= 0.6 is 0 Å². The number of halogens is 3. The van der Waals surface area contributed by atoms with Gasteiger partial charge in [0.15, 0.2) is 0 Å². The van der Waals surface area contributed by atoms with Crippen molar-refractivity contribution in [3.8, 4) is 0 Å². The third-order valence-electron chi connectivity index (χ3n) is 6.61. The Kier molecular flexibility index (Phi) is 6.53. The molecule has 0 bridgehead atoms. The van der Waals surface area contributed by atoms with Crippen molar-refractivity contribution in [1.82, 2.24) is 10.6 Å². The zero-order valence-corrected chi connectivity index (χ0v) is 18.8. The van der Waals surface area contributed by atoms with E-state index in [1.54, 1.807) is 19.9 Å². The second kappa shape index (κ2) is 9.08. The number of aryl methyl sites for hydroxylation is 1. The van der Waals surface area contributed by atoms with Crippen LogP contribution in [-0.4, -0.2) is 37.8 Å². The molecule has 0 radical (unpaired) electrons. The summed E-state index contributed by atoms with van der Waals surface area (Å²) in [5.41, 5.74) is 0.410. The number of alkyl halides is 3. The van der Waals surface area contributed by atoms with Crippen LogP contribution in [0.5, 0.6) is 0 Å². The SMILES string of the molecule is Cc1cc([C@@H](C)OC[C@@]2(c3ccccc3)CCC3(CN2)COCC(=O)N3)cc(C(F)(F)F)c1. The molecule has 3 atom stereocenters. The third kappa shape index (κ3) is 5.23. The van der Waals surface area contributed by atoms with E-state index in [1.807, 2.05) is 30.3 Å². The number of piperidine rings is 1. The molecule has 2 aliphatic rings. The highest BCUT2D eigenvalue weighted by molar-refractivity contribution is 5.78. The number of carbonyl (C=O) groups excluding carboxylic acids is 1. The summed E-state index contributed by atoms with van der Waals surface area (Å²) in [6, 6.07) is 13.9. The summed E-state index contributed by atoms with van der Waals surface area (Å²) >= 11 is 0. The van der Waals surface area contributed by atoms with Gasteiger partial charge in [0.1, 0.15) is 6.61 Å². The topological polar surface area (TPSA) is 59.6 Å². The van der Waals surface area contributed by atoms with E-state index < -0.39 is 28.9 Å². The molecule has 2 heterocycles. The first kappa shape index (κ1) is 23.7. The molecule has 1 spiro atoms. The Morgan fingerprint density at radius 3 is 2.55 bits per heavy atom. The minimum absolute atomic E-state index is 0.0720. The molecule has 33 heavy (non-hydrogen) atoms. The molecule has 0 aromatic heterocycles. The number of rotatable bonds is 5. The van der Waals surface area contributed by atoms with Crippen molar-refractivity contribution in [3.05, 3.63) is 70.8 Å². The van der Waals surface area contributed by atoms with Crippen molar-refractivity contribution in [1.29, 1.82) is 0 Å². The van der Waals surface area contributed by atoms with E-state index in [4.69, 9.17) is 9.47 Å². The maximum atomic E-state index is 13.3. The first-order valence-corrected chi connectivity index (χ1v) is 11.1. The van der Waals surface area contributed by atoms with Crippen LogP contribution in [-0.2, 0) is 26.0 Å². The molecule has 4 rings (SSSR count). The van der Waals surface area contributed by atoms with Gasteiger partial charge in [-0.2, -0.15) is 13.2 Å². The van der Waals surface area contributed by atoms with E-state index in [-0.39, 0.29) is 19.1 Å². The van der Waals surface area contributed by atoms with Crippen LogP contribution in [0.3, 0.4) is 0 Å². The first-order chi connectivity index (χ1) is 15.6. The largest absolute Gasteiger partial charge is 0.416 e. The zero-order valence-electron chi connectivity index (χ0n) is 18.8. The van der Waals surface area contributed by atoms with Crippen LogP contribution in [0.2, 0.25) is 0 Å². The van der Waals surface area contributed by atoms with Gasteiger partial charge in [0.25, 0.3) is 0 Å². The van der Waals surface area contributed by atoms with E-state index in [1.165, 1.54) is 0 Å². The standard InChI is InChI=1S/C25H29F3N2O3/c1-17-10-19(12-21(11-17)25(26,27)28)18(2)33-16-24(20-6-4-3-5-7-20)9-8-23(14-29-24)15-32-13-22(31)30-23/h3-7,10-12,18,29H,8-9,13-16H2,1-2H3,(H,30,31)/t18-,23?,24-/m1/s1. The number of nitrogens with one attached hydrogen (secondary N) is 2. The fraction of sp³-hybridized carbons (Fsp3) is 0.480. The Hall–Kier alpha value is -2.42. The number of hydrogen-bond donors (Lipinski definition) is 2. The van der Waals surface area contributed by atoms with Gasteiger partial charge in [0.2, 0.25) is 5.91 Å². The highest BCUT2D eigenvalue weighted by Gasteiger charge is 2.46. The Balaban J connectivity index is 1.53. The van der Waals surface area contributed by atoms with E-state index in [0.717, 1.165) is 17.7 Å². The molecule has 1 amide bonds. The second-order valence-corrected chi connectivity index (χ2v) is 9.21. The number of morpholine rings is 1. The molecule has 1 unspecified atom stereocenters. The van der Waals surface area contributed by atoms with E-state index in [0.29, 0.717) is 37.1 Å². The van der Waals surface area contributed by atoms with E-state index >= 15 is 0 Å². The van der Waals surface area contributed by atoms with Crippen LogP contribution in [0.25, 0.3) is 0 Å². The lowest BCUT2D eigenvalue weighted by molar-refractivity contribution is -0.138. The molecule has 0 aliphatic carbocycles. The lowest BCUT2D eigenvalue weighted by Gasteiger charge is -2.49. The van der Waals surface area contributed by atoms with Crippen molar-refractivity contribution in [3.63, 3.8) is 0 Å². The molecule has 2 aromatic carbocycles. The Morgan fingerprint density at radius 2 is 1.91 bits per heavy atom. The Morgan fingerprint density at radius 1 is 1.15 bits per heavy atom. The number of hydrogen-bond acceptors (Lipinski definition) is 4. The molecule has 8 heteroatoms. The molecule has 178 valence electrons. The van der Waals surface area contributed by atoms with Crippen LogP contribution < -0.4 is 10.6 Å². The summed E-state index contributed by atoms with van der Waals surface area (Å²) in [4.78, 5) is 11.9. The highest BCUT2D eigenvalue weighted by Crippen LogP contribution is 2.37. The fourth-order valence-corrected chi connectivity index (χ4v) is 4.69. The van der Waals surface area contributed by atoms with Gasteiger partial charge in [-0.05, 0) is 49.9 Å². The average Bonchev–Trinajstić information content (AvgIpc) is 2.78. The molecule has 2 aromatic rings. The maximum absolute atomic E-state index is 13.3. The third-order valence-corrected chi connectivity index (χ3v) is 6.61. The Labute approximate surface area is 191 Å². The van der Waals surface area contributed by atoms with Crippen molar-refractivity contribution in [2.24, 2.45) is 0 Å². The summed E-state index contributed by atoms with van der Waals surface area (Å²) < 4.78 is 51.5. The van der Waals surface area contributed by atoms with Gasteiger partial charge in [-0.1, -0.05) is 42.0 Å². The van der Waals surface area contributed by atoms with Gasteiger partial charge < -0.3 is 20.1 Å².